The zero-order valence-corrected chi connectivity index (χ0v) is 20.3. The quantitative estimate of drug-likeness (QED) is 0.252. The van der Waals surface area contributed by atoms with E-state index in [1.807, 2.05) is 30.5 Å². The molecule has 0 radical (unpaired) electrons. The van der Waals surface area contributed by atoms with Crippen molar-refractivity contribution in [3.8, 4) is 11.3 Å². The smallest absolute Gasteiger partial charge is 0.310 e. The largest absolute Gasteiger partial charge is 0.481 e. The Morgan fingerprint density at radius 3 is 1.94 bits per heavy atom. The van der Waals surface area contributed by atoms with Gasteiger partial charge in [0.25, 0.3) is 0 Å². The minimum absolute atomic E-state index is 0.414. The van der Waals surface area contributed by atoms with Crippen molar-refractivity contribution in [1.82, 2.24) is 4.98 Å². The fraction of sp³-hybridized carbons (Fsp3) is 0.586. The molecule has 1 heterocycles. The molecule has 0 bridgehead atoms. The van der Waals surface area contributed by atoms with Gasteiger partial charge >= 0.3 is 5.97 Å². The van der Waals surface area contributed by atoms with Crippen molar-refractivity contribution in [3.05, 3.63) is 53.7 Å². The van der Waals surface area contributed by atoms with E-state index in [0.717, 1.165) is 36.1 Å². The van der Waals surface area contributed by atoms with E-state index in [0.29, 0.717) is 6.42 Å². The predicted octanol–water partition coefficient (Wildman–Crippen LogP) is 8.57. The van der Waals surface area contributed by atoms with Crippen LogP contribution in [0.25, 0.3) is 11.3 Å². The maximum Gasteiger partial charge on any atom is 0.310 e. The van der Waals surface area contributed by atoms with Gasteiger partial charge in [0.1, 0.15) is 0 Å². The molecule has 0 saturated carbocycles. The van der Waals surface area contributed by atoms with E-state index in [-0.39, 0.29) is 0 Å². The van der Waals surface area contributed by atoms with E-state index in [1.165, 1.54) is 69.8 Å². The molecule has 32 heavy (non-hydrogen) atoms. The second kappa shape index (κ2) is 15.6. The van der Waals surface area contributed by atoms with Crippen molar-refractivity contribution in [2.75, 3.05) is 0 Å². The van der Waals surface area contributed by atoms with Crippen molar-refractivity contribution < 1.29 is 9.90 Å². The second-order valence-electron chi connectivity index (χ2n) is 9.14. The summed E-state index contributed by atoms with van der Waals surface area (Å²) in [6.07, 6.45) is 18.7. The first-order valence-corrected chi connectivity index (χ1v) is 12.9. The monoisotopic (exact) mass is 437 g/mol. The highest BCUT2D eigenvalue weighted by Crippen LogP contribution is 2.26. The van der Waals surface area contributed by atoms with Crippen molar-refractivity contribution in [3.63, 3.8) is 0 Å². The molecule has 0 amide bonds. The molecule has 2 aromatic rings. The van der Waals surface area contributed by atoms with Gasteiger partial charge in [-0.3, -0.25) is 9.78 Å². The molecule has 0 aliphatic rings. The first-order valence-electron chi connectivity index (χ1n) is 12.9. The third-order valence-corrected chi connectivity index (χ3v) is 6.40. The summed E-state index contributed by atoms with van der Waals surface area (Å²) in [6, 6.07) is 12.2. The van der Waals surface area contributed by atoms with E-state index in [9.17, 15) is 9.90 Å². The maximum absolute atomic E-state index is 11.8. The number of carboxylic acid groups (broad SMARTS) is 1. The van der Waals surface area contributed by atoms with Crippen molar-refractivity contribution in [2.45, 2.75) is 110 Å². The number of carboxylic acids is 1. The number of pyridine rings is 1. The molecule has 2 rings (SSSR count). The summed E-state index contributed by atoms with van der Waals surface area (Å²) in [4.78, 5) is 16.5. The first-order chi connectivity index (χ1) is 15.7. The molecular formula is C29H43NO2. The van der Waals surface area contributed by atoms with E-state index < -0.39 is 11.9 Å². The number of aromatic nitrogens is 1. The number of carbonyl (C=O) groups is 1. The maximum atomic E-state index is 11.8. The predicted molar refractivity (Wildman–Crippen MR) is 135 cm³/mol. The van der Waals surface area contributed by atoms with E-state index >= 15 is 0 Å². The molecule has 0 fully saturated rings. The molecular weight excluding hydrogens is 394 g/mol. The summed E-state index contributed by atoms with van der Waals surface area (Å²) < 4.78 is 0. The van der Waals surface area contributed by atoms with Crippen LogP contribution in [0, 0.1) is 0 Å². The van der Waals surface area contributed by atoms with E-state index in [2.05, 4.69) is 31.0 Å². The van der Waals surface area contributed by atoms with Crippen LogP contribution in [0.15, 0.2) is 42.6 Å². The van der Waals surface area contributed by atoms with Gasteiger partial charge in [-0.05, 0) is 36.5 Å². The zero-order chi connectivity index (χ0) is 23.0. The van der Waals surface area contributed by atoms with E-state index in [4.69, 9.17) is 0 Å². The Bertz CT molecular complexity index is 752. The molecule has 176 valence electrons. The number of rotatable bonds is 17. The molecule has 1 aromatic carbocycles. The van der Waals surface area contributed by atoms with Crippen molar-refractivity contribution in [1.29, 1.82) is 0 Å². The molecule has 1 N–H and O–H groups in total. The van der Waals surface area contributed by atoms with Crippen LogP contribution in [0.2, 0.25) is 0 Å². The Morgan fingerprint density at radius 2 is 1.38 bits per heavy atom. The molecule has 1 atom stereocenters. The van der Waals surface area contributed by atoms with Crippen LogP contribution in [0.3, 0.4) is 0 Å². The van der Waals surface area contributed by atoms with Gasteiger partial charge in [0.15, 0.2) is 0 Å². The summed E-state index contributed by atoms with van der Waals surface area (Å²) in [7, 11) is 0. The molecule has 1 unspecified atom stereocenters. The molecule has 0 aliphatic heterocycles. The number of hydrogen-bond donors (Lipinski definition) is 1. The summed E-state index contributed by atoms with van der Waals surface area (Å²) >= 11 is 0. The fourth-order valence-corrected chi connectivity index (χ4v) is 4.30. The third-order valence-electron chi connectivity index (χ3n) is 6.40. The van der Waals surface area contributed by atoms with Crippen LogP contribution in [-0.2, 0) is 11.2 Å². The van der Waals surface area contributed by atoms with Crippen LogP contribution < -0.4 is 0 Å². The highest BCUT2D eigenvalue weighted by molar-refractivity contribution is 5.76. The number of aliphatic carboxylic acids is 1. The fourth-order valence-electron chi connectivity index (χ4n) is 4.30. The summed E-state index contributed by atoms with van der Waals surface area (Å²) in [5.74, 6) is -1.13. The average Bonchev–Trinajstić information content (AvgIpc) is 2.81. The molecule has 1 aromatic heterocycles. The van der Waals surface area contributed by atoms with Gasteiger partial charge < -0.3 is 5.11 Å². The minimum Gasteiger partial charge on any atom is -0.481 e. The number of nitrogens with zero attached hydrogens (tertiary/aromatic N) is 1. The van der Waals surface area contributed by atoms with Crippen LogP contribution in [-0.4, -0.2) is 16.1 Å². The number of benzene rings is 1. The molecule has 0 spiro atoms. The Labute approximate surface area is 195 Å². The van der Waals surface area contributed by atoms with Gasteiger partial charge in [-0.2, -0.15) is 0 Å². The second-order valence-corrected chi connectivity index (χ2v) is 9.14. The molecule has 3 heteroatoms. The Hall–Kier alpha value is -2.16. The first kappa shape index (κ1) is 26.1. The van der Waals surface area contributed by atoms with Crippen LogP contribution in [0.1, 0.15) is 114 Å². The van der Waals surface area contributed by atoms with Gasteiger partial charge in [-0.1, -0.05) is 115 Å². The SMILES string of the molecule is CCCCCCCCc1ccc(-c2ccc(C(CCCCCCCC)C(=O)O)cc2)nc1. The number of hydrogen-bond acceptors (Lipinski definition) is 2. The minimum atomic E-state index is -0.719. The van der Waals surface area contributed by atoms with Gasteiger partial charge in [0, 0.05) is 11.8 Å². The lowest BCUT2D eigenvalue weighted by molar-refractivity contribution is -0.139. The Balaban J connectivity index is 1.85. The van der Waals surface area contributed by atoms with Crippen LogP contribution in [0.4, 0.5) is 0 Å². The Kier molecular flexibility index (Phi) is 12.7. The van der Waals surface area contributed by atoms with Crippen molar-refractivity contribution in [2.24, 2.45) is 0 Å². The summed E-state index contributed by atoms with van der Waals surface area (Å²) in [5, 5.41) is 9.70. The van der Waals surface area contributed by atoms with E-state index in [1.54, 1.807) is 0 Å². The topological polar surface area (TPSA) is 50.2 Å². The molecule has 3 nitrogen and oxygen atoms in total. The lowest BCUT2D eigenvalue weighted by Gasteiger charge is -2.13. The third kappa shape index (κ3) is 9.54. The lowest BCUT2D eigenvalue weighted by atomic mass is 9.92. The summed E-state index contributed by atoms with van der Waals surface area (Å²) in [6.45, 7) is 4.46. The van der Waals surface area contributed by atoms with Crippen molar-refractivity contribution >= 4 is 5.97 Å². The van der Waals surface area contributed by atoms with Gasteiger partial charge in [-0.25, -0.2) is 0 Å². The van der Waals surface area contributed by atoms with Gasteiger partial charge in [0.2, 0.25) is 0 Å². The summed E-state index contributed by atoms with van der Waals surface area (Å²) in [5.41, 5.74) is 4.19. The normalized spacial score (nSPS) is 12.1. The van der Waals surface area contributed by atoms with Crippen LogP contribution >= 0.6 is 0 Å². The van der Waals surface area contributed by atoms with Gasteiger partial charge in [-0.15, -0.1) is 0 Å². The molecule has 0 saturated heterocycles. The highest BCUT2D eigenvalue weighted by Gasteiger charge is 2.19. The highest BCUT2D eigenvalue weighted by atomic mass is 16.4. The Morgan fingerprint density at radius 1 is 0.781 bits per heavy atom. The number of unbranched alkanes of at least 4 members (excludes halogenated alkanes) is 10. The number of aryl methyl sites for hydroxylation is 1. The molecule has 0 aliphatic carbocycles. The zero-order valence-electron chi connectivity index (χ0n) is 20.3. The van der Waals surface area contributed by atoms with Gasteiger partial charge in [0.05, 0.1) is 11.6 Å². The van der Waals surface area contributed by atoms with Crippen LogP contribution in [0.5, 0.6) is 0 Å². The average molecular weight is 438 g/mol. The standard InChI is InChI=1S/C29H43NO2/c1-3-5-7-9-11-13-15-24-17-22-28(30-23-24)26-20-18-25(19-21-26)27(29(31)32)16-14-12-10-8-6-4-2/h17-23,27H,3-16H2,1-2H3,(H,31,32). The lowest BCUT2D eigenvalue weighted by Crippen LogP contribution is -2.11.